The quantitative estimate of drug-likeness (QED) is 0.170. The van der Waals surface area contributed by atoms with Crippen LogP contribution < -0.4 is 5.32 Å². The van der Waals surface area contributed by atoms with Crippen molar-refractivity contribution in [1.82, 2.24) is 5.32 Å². The van der Waals surface area contributed by atoms with Gasteiger partial charge in [0.15, 0.2) is 0 Å². The number of esters is 1. The number of hydrogen-bond donors (Lipinski definition) is 2. The van der Waals surface area contributed by atoms with Crippen molar-refractivity contribution in [2.75, 3.05) is 19.5 Å². The summed E-state index contributed by atoms with van der Waals surface area (Å²) in [6.07, 6.45) is 21.3. The van der Waals surface area contributed by atoms with Gasteiger partial charge in [-0.25, -0.2) is 12.8 Å². The molecule has 0 aromatic heterocycles. The predicted molar refractivity (Wildman–Crippen MR) is 244 cm³/mol. The molecule has 8 heteroatoms. The molecular formula is C53H78FNO5S. The average Bonchev–Trinajstić information content (AvgIpc) is 3.60. The van der Waals surface area contributed by atoms with Crippen LogP contribution in [0.5, 0.6) is 0 Å². The number of carbonyl (C=O) groups excluding carboxylic acids is 1. The molecule has 1 unspecified atom stereocenters. The highest BCUT2D eigenvalue weighted by atomic mass is 32.2. The van der Waals surface area contributed by atoms with Gasteiger partial charge in [-0.05, 0) is 191 Å². The van der Waals surface area contributed by atoms with Crippen LogP contribution in [0, 0.1) is 56.7 Å². The van der Waals surface area contributed by atoms with Crippen molar-refractivity contribution in [3.63, 3.8) is 0 Å². The minimum absolute atomic E-state index is 0.0301. The van der Waals surface area contributed by atoms with E-state index in [1.165, 1.54) is 61.5 Å². The van der Waals surface area contributed by atoms with E-state index < -0.39 is 33.5 Å². The number of allylic oxidation sites excluding steroid dienone is 5. The molecule has 1 aromatic carbocycles. The summed E-state index contributed by atoms with van der Waals surface area (Å²) in [6.45, 7) is 20.1. The SMILES string of the molecule is C=C(C)C1CC[C@]2(NCCC3(O)CCC(S(C)(=O)=O)CC3)CC[C@]3(C)[C@H](CC[C@@H]4[C@@]5(C)CC=C(C6=CC[C@](CF)(C(=O)OCc7ccccc7)CC6)C(C)(C)[C@@H]5CC[C@]43C)[C@@H]12. The third kappa shape index (κ3) is 7.48. The van der Waals surface area contributed by atoms with Gasteiger partial charge in [-0.15, -0.1) is 0 Å². The first kappa shape index (κ1) is 45.3. The highest BCUT2D eigenvalue weighted by Gasteiger charge is 2.70. The molecule has 7 aliphatic rings. The van der Waals surface area contributed by atoms with Crippen molar-refractivity contribution >= 4 is 15.8 Å². The molecule has 5 saturated carbocycles. The van der Waals surface area contributed by atoms with Crippen LogP contribution in [0.4, 0.5) is 4.39 Å². The Labute approximate surface area is 368 Å². The summed E-state index contributed by atoms with van der Waals surface area (Å²) in [5.41, 5.74) is 3.72. The van der Waals surface area contributed by atoms with E-state index in [4.69, 9.17) is 4.74 Å². The molecule has 6 nitrogen and oxygen atoms in total. The molecule has 0 radical (unpaired) electrons. The number of ether oxygens (including phenoxy) is 1. The molecule has 2 N–H and O–H groups in total. The Bertz CT molecular complexity index is 2020. The maximum atomic E-state index is 14.8. The summed E-state index contributed by atoms with van der Waals surface area (Å²) in [4.78, 5) is 13.4. The average molecular weight is 860 g/mol. The van der Waals surface area contributed by atoms with E-state index in [-0.39, 0.29) is 39.1 Å². The van der Waals surface area contributed by atoms with Gasteiger partial charge in [0.1, 0.15) is 23.1 Å². The molecule has 10 atom stereocenters. The zero-order valence-electron chi connectivity index (χ0n) is 38.7. The predicted octanol–water partition coefficient (Wildman–Crippen LogP) is 11.4. The molecule has 0 amide bonds. The number of fused-ring (bicyclic) bond motifs is 7. The minimum Gasteiger partial charge on any atom is -0.460 e. The van der Waals surface area contributed by atoms with Gasteiger partial charge in [0.25, 0.3) is 0 Å². The van der Waals surface area contributed by atoms with E-state index in [0.29, 0.717) is 81.0 Å². The lowest BCUT2D eigenvalue weighted by Crippen LogP contribution is -2.68. The number of carbonyl (C=O) groups is 1. The number of hydrogen-bond acceptors (Lipinski definition) is 6. The molecule has 0 saturated heterocycles. The molecule has 338 valence electrons. The Kier molecular flexibility index (Phi) is 11.9. The molecule has 0 bridgehead atoms. The van der Waals surface area contributed by atoms with Crippen molar-refractivity contribution in [2.45, 2.75) is 174 Å². The fourth-order valence-corrected chi connectivity index (χ4v) is 17.4. The van der Waals surface area contributed by atoms with Gasteiger partial charge in [0.05, 0.1) is 16.3 Å². The van der Waals surface area contributed by atoms with Crippen LogP contribution in [0.15, 0.2) is 65.8 Å². The largest absolute Gasteiger partial charge is 0.460 e. The molecule has 61 heavy (non-hydrogen) atoms. The molecular weight excluding hydrogens is 782 g/mol. The second-order valence-corrected chi connectivity index (χ2v) is 25.6. The van der Waals surface area contributed by atoms with E-state index in [9.17, 15) is 22.7 Å². The molecule has 0 aliphatic heterocycles. The smallest absolute Gasteiger partial charge is 0.315 e. The number of benzene rings is 1. The summed E-state index contributed by atoms with van der Waals surface area (Å²) in [5, 5.41) is 15.5. The van der Waals surface area contributed by atoms with E-state index in [1.54, 1.807) is 0 Å². The van der Waals surface area contributed by atoms with Crippen molar-refractivity contribution < 1.29 is 27.4 Å². The van der Waals surface area contributed by atoms with Crippen molar-refractivity contribution in [3.05, 3.63) is 71.3 Å². The number of sulfone groups is 1. The first-order valence-corrected chi connectivity index (χ1v) is 26.1. The van der Waals surface area contributed by atoms with Crippen LogP contribution in [-0.2, 0) is 26.0 Å². The summed E-state index contributed by atoms with van der Waals surface area (Å²) < 4.78 is 45.0. The number of rotatable bonds is 11. The maximum Gasteiger partial charge on any atom is 0.315 e. The lowest BCUT2D eigenvalue weighted by atomic mass is 9.33. The van der Waals surface area contributed by atoms with E-state index >= 15 is 0 Å². The fourth-order valence-electron chi connectivity index (χ4n) is 16.3. The molecule has 1 aromatic rings. The van der Waals surface area contributed by atoms with Crippen LogP contribution in [-0.4, -0.2) is 55.4 Å². The molecule has 7 aliphatic carbocycles. The lowest BCUT2D eigenvalue weighted by Gasteiger charge is -2.72. The summed E-state index contributed by atoms with van der Waals surface area (Å²) in [5.74, 6) is 2.39. The zero-order chi connectivity index (χ0) is 43.9. The number of aliphatic hydroxyl groups is 1. The third-order valence-electron chi connectivity index (χ3n) is 20.0. The minimum atomic E-state index is -3.07. The highest BCUT2D eigenvalue weighted by molar-refractivity contribution is 7.91. The van der Waals surface area contributed by atoms with Crippen LogP contribution in [0.25, 0.3) is 0 Å². The summed E-state index contributed by atoms with van der Waals surface area (Å²) in [7, 11) is -3.07. The van der Waals surface area contributed by atoms with E-state index in [2.05, 4.69) is 65.6 Å². The van der Waals surface area contributed by atoms with Gasteiger partial charge in [0, 0.05) is 11.8 Å². The monoisotopic (exact) mass is 860 g/mol. The van der Waals surface area contributed by atoms with Crippen LogP contribution in [0.1, 0.15) is 156 Å². The highest BCUT2D eigenvalue weighted by Crippen LogP contribution is 2.76. The standard InChI is InChI=1S/C53H78FNO5S/c1-36(2)40-20-29-53(55-33-32-52(57)27-18-39(19-28-52)61(8,58)59)31-30-49(6)42(45(40)53)14-15-44-48(5)23-21-41(47(3,4)43(48)22-24-50(44,49)7)38-16-25-51(35-54,26-17-38)46(56)60-34-37-12-10-9-11-13-37/h9-13,16,21,39-40,42-45,55,57H,1,14-15,17-20,22-35H2,2-8H3/t39?,40?,42-,43+,44-,45-,48+,49-,50-,51+,52?,53+/m1/s1. The van der Waals surface area contributed by atoms with Gasteiger partial charge in [-0.1, -0.05) is 89.3 Å². The van der Waals surface area contributed by atoms with Gasteiger partial charge in [-0.2, -0.15) is 0 Å². The fraction of sp³-hybridized carbons (Fsp3) is 0.755. The van der Waals surface area contributed by atoms with Crippen LogP contribution >= 0.6 is 0 Å². The third-order valence-corrected chi connectivity index (χ3v) is 21.7. The van der Waals surface area contributed by atoms with Gasteiger partial charge in [0.2, 0.25) is 0 Å². The molecule has 8 rings (SSSR count). The van der Waals surface area contributed by atoms with Crippen LogP contribution in [0.2, 0.25) is 0 Å². The summed E-state index contributed by atoms with van der Waals surface area (Å²) >= 11 is 0. The topological polar surface area (TPSA) is 92.7 Å². The Hall–Kier alpha value is -2.29. The number of halogens is 1. The van der Waals surface area contributed by atoms with Crippen molar-refractivity contribution in [3.8, 4) is 0 Å². The Morgan fingerprint density at radius 2 is 1.59 bits per heavy atom. The number of alkyl halides is 1. The van der Waals surface area contributed by atoms with E-state index in [0.717, 1.165) is 31.4 Å². The lowest BCUT2D eigenvalue weighted by molar-refractivity contribution is -0.221. The van der Waals surface area contributed by atoms with Crippen LogP contribution in [0.3, 0.4) is 0 Å². The molecule has 0 spiro atoms. The zero-order valence-corrected chi connectivity index (χ0v) is 39.5. The summed E-state index contributed by atoms with van der Waals surface area (Å²) in [6, 6.07) is 9.65. The number of nitrogens with one attached hydrogen (secondary N) is 1. The first-order valence-electron chi connectivity index (χ1n) is 24.2. The van der Waals surface area contributed by atoms with Crippen molar-refractivity contribution in [1.29, 1.82) is 0 Å². The second-order valence-electron chi connectivity index (χ2n) is 23.2. The van der Waals surface area contributed by atoms with Gasteiger partial charge in [-0.3, -0.25) is 4.79 Å². The van der Waals surface area contributed by atoms with E-state index in [1.807, 2.05) is 30.3 Å². The normalized spacial score (nSPS) is 43.1. The molecule has 5 fully saturated rings. The Morgan fingerprint density at radius 3 is 2.23 bits per heavy atom. The van der Waals surface area contributed by atoms with Gasteiger partial charge < -0.3 is 15.2 Å². The Balaban J connectivity index is 0.987. The second kappa shape index (κ2) is 16.0. The Morgan fingerprint density at radius 1 is 0.869 bits per heavy atom. The maximum absolute atomic E-state index is 14.8. The van der Waals surface area contributed by atoms with Gasteiger partial charge >= 0.3 is 5.97 Å². The van der Waals surface area contributed by atoms with Crippen molar-refractivity contribution in [2.24, 2.45) is 56.7 Å². The molecule has 0 heterocycles. The first-order chi connectivity index (χ1) is 28.7.